The minimum Gasteiger partial charge on any atom is -0.484 e. The second kappa shape index (κ2) is 5.76. The molecule has 0 amide bonds. The summed E-state index contributed by atoms with van der Waals surface area (Å²) >= 11 is 0. The van der Waals surface area contributed by atoms with E-state index in [0.717, 1.165) is 12.1 Å². The van der Waals surface area contributed by atoms with Crippen molar-refractivity contribution in [2.75, 3.05) is 0 Å². The number of hydrogen-bond acceptors (Lipinski definition) is 5. The third-order valence-electron chi connectivity index (χ3n) is 2.52. The van der Waals surface area contributed by atoms with Crippen LogP contribution in [0.15, 0.2) is 29.4 Å². The van der Waals surface area contributed by atoms with Crippen molar-refractivity contribution in [2.45, 2.75) is 25.0 Å². The molecule has 0 aliphatic rings. The molecule has 1 heterocycles. The van der Waals surface area contributed by atoms with Gasteiger partial charge in [0.15, 0.2) is 5.82 Å². The minimum atomic E-state index is -4.10. The Morgan fingerprint density at radius 2 is 2.20 bits per heavy atom. The van der Waals surface area contributed by atoms with Gasteiger partial charge < -0.3 is 4.74 Å². The fourth-order valence-corrected chi connectivity index (χ4v) is 2.58. The molecule has 0 unspecified atom stereocenters. The van der Waals surface area contributed by atoms with E-state index in [2.05, 4.69) is 10.1 Å². The number of hydrogen-bond donors (Lipinski definition) is 0. The highest BCUT2D eigenvalue weighted by atomic mass is 35.7. The van der Waals surface area contributed by atoms with Gasteiger partial charge in [0.25, 0.3) is 9.05 Å². The topological polar surface area (TPSA) is 74.1 Å². The maximum absolute atomic E-state index is 13.1. The quantitative estimate of drug-likeness (QED) is 0.787. The standard InChI is InChI=1S/C11H11ClFN3O3S/c1-2-16-11(14-7-15-16)6-19-9-4-3-8(13)5-10(9)20(12,17)18/h3-5,7H,2,6H2,1H3. The van der Waals surface area contributed by atoms with E-state index < -0.39 is 19.8 Å². The summed E-state index contributed by atoms with van der Waals surface area (Å²) < 4.78 is 42.8. The highest BCUT2D eigenvalue weighted by molar-refractivity contribution is 8.13. The monoisotopic (exact) mass is 319 g/mol. The van der Waals surface area contributed by atoms with Crippen LogP contribution < -0.4 is 4.74 Å². The SMILES string of the molecule is CCn1ncnc1COc1ccc(F)cc1S(=O)(=O)Cl. The molecule has 108 valence electrons. The Morgan fingerprint density at radius 3 is 2.85 bits per heavy atom. The average molecular weight is 320 g/mol. The number of halogens is 2. The molecule has 0 fully saturated rings. The molecular formula is C11H11ClFN3O3S. The zero-order valence-electron chi connectivity index (χ0n) is 10.5. The van der Waals surface area contributed by atoms with Crippen LogP contribution in [0.3, 0.4) is 0 Å². The van der Waals surface area contributed by atoms with Crippen molar-refractivity contribution in [3.8, 4) is 5.75 Å². The zero-order chi connectivity index (χ0) is 14.8. The second-order valence-corrected chi connectivity index (χ2v) is 6.34. The number of aryl methyl sites for hydroxylation is 1. The molecule has 0 saturated heterocycles. The summed E-state index contributed by atoms with van der Waals surface area (Å²) in [7, 11) is 1.15. The highest BCUT2D eigenvalue weighted by Crippen LogP contribution is 2.28. The molecule has 9 heteroatoms. The summed E-state index contributed by atoms with van der Waals surface area (Å²) in [5, 5.41) is 3.95. The van der Waals surface area contributed by atoms with Gasteiger partial charge >= 0.3 is 0 Å². The molecule has 2 aromatic rings. The van der Waals surface area contributed by atoms with Crippen molar-refractivity contribution in [1.82, 2.24) is 14.8 Å². The summed E-state index contributed by atoms with van der Waals surface area (Å²) in [4.78, 5) is 3.57. The van der Waals surface area contributed by atoms with E-state index in [4.69, 9.17) is 15.4 Å². The van der Waals surface area contributed by atoms with Gasteiger partial charge in [-0.05, 0) is 25.1 Å². The summed E-state index contributed by atoms with van der Waals surface area (Å²) in [5.74, 6) is -0.227. The van der Waals surface area contributed by atoms with Gasteiger partial charge in [-0.2, -0.15) is 5.10 Å². The van der Waals surface area contributed by atoms with Gasteiger partial charge in [-0.15, -0.1) is 0 Å². The van der Waals surface area contributed by atoms with Gasteiger partial charge in [-0.3, -0.25) is 0 Å². The van der Waals surface area contributed by atoms with E-state index in [-0.39, 0.29) is 12.4 Å². The van der Waals surface area contributed by atoms with E-state index in [1.54, 1.807) is 4.68 Å². The Bertz CT molecular complexity index is 717. The second-order valence-electron chi connectivity index (χ2n) is 3.81. The molecule has 0 saturated carbocycles. The van der Waals surface area contributed by atoms with Gasteiger partial charge in [0, 0.05) is 17.2 Å². The maximum Gasteiger partial charge on any atom is 0.265 e. The lowest BCUT2D eigenvalue weighted by Crippen LogP contribution is -2.08. The average Bonchev–Trinajstić information content (AvgIpc) is 2.83. The van der Waals surface area contributed by atoms with E-state index in [9.17, 15) is 12.8 Å². The van der Waals surface area contributed by atoms with E-state index in [1.165, 1.54) is 12.4 Å². The van der Waals surface area contributed by atoms with Gasteiger partial charge in [-0.25, -0.2) is 22.5 Å². The largest absolute Gasteiger partial charge is 0.484 e. The van der Waals surface area contributed by atoms with Crippen LogP contribution in [0.4, 0.5) is 4.39 Å². The minimum absolute atomic E-state index is 0.00111. The Hall–Kier alpha value is -1.67. The molecule has 2 rings (SSSR count). The lowest BCUT2D eigenvalue weighted by atomic mass is 10.3. The summed E-state index contributed by atoms with van der Waals surface area (Å²) in [6.45, 7) is 2.48. The van der Waals surface area contributed by atoms with Crippen molar-refractivity contribution in [3.63, 3.8) is 0 Å². The predicted octanol–water partition coefficient (Wildman–Crippen LogP) is 1.94. The normalized spacial score (nSPS) is 11.6. The molecule has 0 aliphatic carbocycles. The van der Waals surface area contributed by atoms with Crippen LogP contribution >= 0.6 is 10.7 Å². The number of benzene rings is 1. The molecular weight excluding hydrogens is 309 g/mol. The Balaban J connectivity index is 2.26. The summed E-state index contributed by atoms with van der Waals surface area (Å²) in [6.07, 6.45) is 1.37. The maximum atomic E-state index is 13.1. The van der Waals surface area contributed by atoms with Gasteiger partial charge in [0.1, 0.15) is 29.4 Å². The third-order valence-corrected chi connectivity index (χ3v) is 3.86. The highest BCUT2D eigenvalue weighted by Gasteiger charge is 2.18. The molecule has 1 aromatic heterocycles. The van der Waals surface area contributed by atoms with Crippen molar-refractivity contribution < 1.29 is 17.5 Å². The first kappa shape index (κ1) is 14.7. The van der Waals surface area contributed by atoms with Crippen LogP contribution in [0.25, 0.3) is 0 Å². The number of rotatable bonds is 5. The fourth-order valence-electron chi connectivity index (χ4n) is 1.60. The molecule has 0 aliphatic heterocycles. The van der Waals surface area contributed by atoms with Crippen LogP contribution in [-0.4, -0.2) is 23.2 Å². The Morgan fingerprint density at radius 1 is 1.45 bits per heavy atom. The number of aromatic nitrogens is 3. The third kappa shape index (κ3) is 3.26. The Kier molecular flexibility index (Phi) is 4.24. The van der Waals surface area contributed by atoms with Crippen LogP contribution in [0.2, 0.25) is 0 Å². The van der Waals surface area contributed by atoms with E-state index in [1.807, 2.05) is 6.92 Å². The first-order valence-electron chi connectivity index (χ1n) is 5.65. The molecule has 0 radical (unpaired) electrons. The lowest BCUT2D eigenvalue weighted by Gasteiger charge is -2.09. The first-order chi connectivity index (χ1) is 9.41. The first-order valence-corrected chi connectivity index (χ1v) is 7.96. The lowest BCUT2D eigenvalue weighted by molar-refractivity contribution is 0.279. The number of nitrogens with zero attached hydrogens (tertiary/aromatic N) is 3. The molecule has 0 N–H and O–H groups in total. The Labute approximate surface area is 119 Å². The van der Waals surface area contributed by atoms with Crippen molar-refractivity contribution in [1.29, 1.82) is 0 Å². The molecule has 1 aromatic carbocycles. The van der Waals surface area contributed by atoms with Crippen LogP contribution in [-0.2, 0) is 22.2 Å². The van der Waals surface area contributed by atoms with Crippen LogP contribution in [0.5, 0.6) is 5.75 Å². The molecule has 20 heavy (non-hydrogen) atoms. The van der Waals surface area contributed by atoms with E-state index in [0.29, 0.717) is 12.4 Å². The van der Waals surface area contributed by atoms with Crippen molar-refractivity contribution >= 4 is 19.7 Å². The summed E-state index contributed by atoms with van der Waals surface area (Å²) in [5.41, 5.74) is 0. The fraction of sp³-hybridized carbons (Fsp3) is 0.273. The zero-order valence-corrected chi connectivity index (χ0v) is 12.0. The van der Waals surface area contributed by atoms with E-state index >= 15 is 0 Å². The molecule has 0 bridgehead atoms. The van der Waals surface area contributed by atoms with Gasteiger partial charge in [0.2, 0.25) is 0 Å². The summed E-state index contributed by atoms with van der Waals surface area (Å²) in [6, 6.07) is 3.10. The van der Waals surface area contributed by atoms with Gasteiger partial charge in [-0.1, -0.05) is 0 Å². The van der Waals surface area contributed by atoms with Crippen molar-refractivity contribution in [2.24, 2.45) is 0 Å². The number of ether oxygens (including phenoxy) is 1. The molecule has 0 atom stereocenters. The van der Waals surface area contributed by atoms with Crippen LogP contribution in [0.1, 0.15) is 12.7 Å². The smallest absolute Gasteiger partial charge is 0.265 e. The molecule has 6 nitrogen and oxygen atoms in total. The predicted molar refractivity (Wildman–Crippen MR) is 69.5 cm³/mol. The van der Waals surface area contributed by atoms with Gasteiger partial charge in [0.05, 0.1) is 0 Å². The molecule has 0 spiro atoms. The van der Waals surface area contributed by atoms with Crippen LogP contribution in [0, 0.1) is 5.82 Å². The van der Waals surface area contributed by atoms with Crippen molar-refractivity contribution in [3.05, 3.63) is 36.2 Å².